The van der Waals surface area contributed by atoms with Crippen molar-refractivity contribution < 1.29 is 17.9 Å². The van der Waals surface area contributed by atoms with E-state index in [4.69, 9.17) is 4.74 Å². The second kappa shape index (κ2) is 8.88. The summed E-state index contributed by atoms with van der Waals surface area (Å²) in [5.74, 6) is 0.791. The third kappa shape index (κ3) is 4.85. The Kier molecular flexibility index (Phi) is 6.20. The monoisotopic (exact) mass is 443 g/mol. The van der Waals surface area contributed by atoms with Crippen LogP contribution in [0.5, 0.6) is 5.75 Å². The molecule has 2 unspecified atom stereocenters. The second-order valence-corrected chi connectivity index (χ2v) is 9.94. The van der Waals surface area contributed by atoms with Crippen molar-refractivity contribution in [2.24, 2.45) is 0 Å². The van der Waals surface area contributed by atoms with Crippen molar-refractivity contribution in [2.45, 2.75) is 31.8 Å². The SMILES string of the molecule is CCN1CCOc2ccccc2-c2cccc(c2)CC2C(NS(C)(=O)=O)CCN2C1=O. The number of urea groups is 1. The highest BCUT2D eigenvalue weighted by atomic mass is 32.2. The van der Waals surface area contributed by atoms with Gasteiger partial charge in [0.2, 0.25) is 10.0 Å². The number of amides is 2. The van der Waals surface area contributed by atoms with Crippen molar-refractivity contribution >= 4 is 16.1 Å². The molecule has 166 valence electrons. The minimum atomic E-state index is -3.38. The van der Waals surface area contributed by atoms with Crippen LogP contribution in [-0.4, -0.2) is 68.8 Å². The molecule has 2 aliphatic rings. The fourth-order valence-corrected chi connectivity index (χ4v) is 5.36. The number of carbonyl (C=O) groups excluding carboxylic acids is 1. The molecule has 0 spiro atoms. The van der Waals surface area contributed by atoms with Gasteiger partial charge in [-0.2, -0.15) is 0 Å². The normalized spacial score (nSPS) is 21.9. The first-order valence-corrected chi connectivity index (χ1v) is 12.6. The summed E-state index contributed by atoms with van der Waals surface area (Å²) in [6.45, 7) is 3.89. The van der Waals surface area contributed by atoms with E-state index in [1.807, 2.05) is 54.3 Å². The maximum atomic E-state index is 13.4. The van der Waals surface area contributed by atoms with Crippen LogP contribution in [0.15, 0.2) is 48.5 Å². The molecule has 31 heavy (non-hydrogen) atoms. The van der Waals surface area contributed by atoms with Gasteiger partial charge in [-0.15, -0.1) is 0 Å². The number of hydrogen-bond donors (Lipinski definition) is 1. The Hall–Kier alpha value is -2.58. The van der Waals surface area contributed by atoms with Gasteiger partial charge >= 0.3 is 6.03 Å². The maximum absolute atomic E-state index is 13.4. The van der Waals surface area contributed by atoms with Gasteiger partial charge in [-0.05, 0) is 37.0 Å². The molecular weight excluding hydrogens is 414 g/mol. The molecule has 1 N–H and O–H groups in total. The summed E-state index contributed by atoms with van der Waals surface area (Å²) in [7, 11) is -3.38. The van der Waals surface area contributed by atoms with E-state index in [1.54, 1.807) is 4.90 Å². The Morgan fingerprint density at radius 3 is 2.71 bits per heavy atom. The first kappa shape index (κ1) is 21.6. The lowest BCUT2D eigenvalue weighted by atomic mass is 9.96. The van der Waals surface area contributed by atoms with Gasteiger partial charge < -0.3 is 14.5 Å². The number of hydrogen-bond acceptors (Lipinski definition) is 4. The lowest BCUT2D eigenvalue weighted by molar-refractivity contribution is 0.139. The number of fused-ring (bicyclic) bond motifs is 5. The molecular formula is C23H29N3O4S. The van der Waals surface area contributed by atoms with Crippen LogP contribution >= 0.6 is 0 Å². The van der Waals surface area contributed by atoms with Gasteiger partial charge in [0.05, 0.1) is 18.8 Å². The molecule has 2 heterocycles. The van der Waals surface area contributed by atoms with Gasteiger partial charge in [0.15, 0.2) is 0 Å². The Morgan fingerprint density at radius 2 is 1.94 bits per heavy atom. The molecule has 2 atom stereocenters. The van der Waals surface area contributed by atoms with E-state index in [-0.39, 0.29) is 18.1 Å². The summed E-state index contributed by atoms with van der Waals surface area (Å²) in [4.78, 5) is 17.0. The molecule has 1 saturated heterocycles. The summed E-state index contributed by atoms with van der Waals surface area (Å²) in [6, 6.07) is 15.5. The number of sulfonamides is 1. The zero-order valence-electron chi connectivity index (χ0n) is 18.0. The highest BCUT2D eigenvalue weighted by Crippen LogP contribution is 2.32. The average molecular weight is 444 g/mol. The Labute approximate surface area is 184 Å². The molecule has 1 fully saturated rings. The maximum Gasteiger partial charge on any atom is 0.320 e. The molecule has 2 amide bonds. The predicted octanol–water partition coefficient (Wildman–Crippen LogP) is 2.72. The number of nitrogens with one attached hydrogen (secondary N) is 1. The van der Waals surface area contributed by atoms with E-state index in [2.05, 4.69) is 10.8 Å². The summed E-state index contributed by atoms with van der Waals surface area (Å²) >= 11 is 0. The quantitative estimate of drug-likeness (QED) is 0.791. The van der Waals surface area contributed by atoms with E-state index in [0.717, 1.165) is 22.4 Å². The van der Waals surface area contributed by atoms with Crippen molar-refractivity contribution in [3.05, 3.63) is 54.1 Å². The van der Waals surface area contributed by atoms with E-state index in [9.17, 15) is 13.2 Å². The van der Waals surface area contributed by atoms with Crippen molar-refractivity contribution in [1.29, 1.82) is 0 Å². The molecule has 2 aliphatic heterocycles. The van der Waals surface area contributed by atoms with Crippen molar-refractivity contribution in [3.8, 4) is 16.9 Å². The molecule has 8 heteroatoms. The van der Waals surface area contributed by atoms with Gasteiger partial charge in [-0.3, -0.25) is 0 Å². The lowest BCUT2D eigenvalue weighted by Gasteiger charge is -2.33. The molecule has 0 aromatic heterocycles. The van der Waals surface area contributed by atoms with Gasteiger partial charge in [0.1, 0.15) is 12.4 Å². The highest BCUT2D eigenvalue weighted by Gasteiger charge is 2.39. The van der Waals surface area contributed by atoms with Gasteiger partial charge in [-0.25, -0.2) is 17.9 Å². The van der Waals surface area contributed by atoms with Crippen LogP contribution in [0.2, 0.25) is 0 Å². The molecule has 0 saturated carbocycles. The molecule has 2 aromatic rings. The lowest BCUT2D eigenvalue weighted by Crippen LogP contribution is -2.52. The summed E-state index contributed by atoms with van der Waals surface area (Å²) in [5.41, 5.74) is 3.11. The van der Waals surface area contributed by atoms with Crippen LogP contribution in [0, 0.1) is 0 Å². The summed E-state index contributed by atoms with van der Waals surface area (Å²) in [5, 5.41) is 0. The Morgan fingerprint density at radius 1 is 1.13 bits per heavy atom. The molecule has 7 nitrogen and oxygen atoms in total. The average Bonchev–Trinajstić information content (AvgIpc) is 3.11. The molecule has 2 bridgehead atoms. The van der Waals surface area contributed by atoms with E-state index in [0.29, 0.717) is 39.1 Å². The fraction of sp³-hybridized carbons (Fsp3) is 0.435. The number of carbonyl (C=O) groups is 1. The third-order valence-electron chi connectivity index (χ3n) is 6.00. The molecule has 0 aliphatic carbocycles. The van der Waals surface area contributed by atoms with Crippen LogP contribution in [0.3, 0.4) is 0 Å². The van der Waals surface area contributed by atoms with Gasteiger partial charge in [0.25, 0.3) is 0 Å². The number of benzene rings is 2. The zero-order valence-corrected chi connectivity index (χ0v) is 18.8. The standard InChI is InChI=1S/C23H29N3O4S/c1-3-25-13-14-30-22-10-5-4-9-19(22)18-8-6-7-17(15-18)16-21-20(24-31(2,28)29)11-12-26(21)23(25)27/h4-10,15,20-21,24H,3,11-14,16H2,1-2H3. The van der Waals surface area contributed by atoms with Gasteiger partial charge in [0, 0.05) is 24.7 Å². The molecule has 0 radical (unpaired) electrons. The van der Waals surface area contributed by atoms with E-state index >= 15 is 0 Å². The highest BCUT2D eigenvalue weighted by molar-refractivity contribution is 7.88. The van der Waals surface area contributed by atoms with Gasteiger partial charge in [-0.1, -0.05) is 42.5 Å². The number of ether oxygens (including phenoxy) is 1. The smallest absolute Gasteiger partial charge is 0.320 e. The number of rotatable bonds is 3. The predicted molar refractivity (Wildman–Crippen MR) is 121 cm³/mol. The fourth-order valence-electron chi connectivity index (χ4n) is 4.53. The van der Waals surface area contributed by atoms with E-state index in [1.165, 1.54) is 6.26 Å². The zero-order chi connectivity index (χ0) is 22.0. The number of nitrogens with zero attached hydrogens (tertiary/aromatic N) is 2. The number of para-hydroxylation sites is 1. The first-order chi connectivity index (χ1) is 14.9. The number of likely N-dealkylation sites (N-methyl/N-ethyl adjacent to an activating group) is 1. The third-order valence-corrected chi connectivity index (χ3v) is 6.73. The van der Waals surface area contributed by atoms with Crippen LogP contribution in [0.1, 0.15) is 18.9 Å². The van der Waals surface area contributed by atoms with Crippen LogP contribution in [0.4, 0.5) is 4.79 Å². The van der Waals surface area contributed by atoms with Crippen molar-refractivity contribution in [1.82, 2.24) is 14.5 Å². The second-order valence-electron chi connectivity index (χ2n) is 8.16. The summed E-state index contributed by atoms with van der Waals surface area (Å²) in [6.07, 6.45) is 2.34. The minimum absolute atomic E-state index is 0.0717. The van der Waals surface area contributed by atoms with Crippen LogP contribution in [-0.2, 0) is 16.4 Å². The first-order valence-electron chi connectivity index (χ1n) is 10.7. The summed E-state index contributed by atoms with van der Waals surface area (Å²) < 4.78 is 32.7. The minimum Gasteiger partial charge on any atom is -0.491 e. The molecule has 4 rings (SSSR count). The Bertz CT molecular complexity index is 1060. The Balaban J connectivity index is 1.75. The van der Waals surface area contributed by atoms with Crippen LogP contribution in [0.25, 0.3) is 11.1 Å². The van der Waals surface area contributed by atoms with Crippen LogP contribution < -0.4 is 9.46 Å². The van der Waals surface area contributed by atoms with Crippen molar-refractivity contribution in [2.75, 3.05) is 32.5 Å². The molecule has 2 aromatic carbocycles. The topological polar surface area (TPSA) is 79.0 Å². The van der Waals surface area contributed by atoms with Crippen molar-refractivity contribution in [3.63, 3.8) is 0 Å². The van der Waals surface area contributed by atoms with E-state index < -0.39 is 10.0 Å². The largest absolute Gasteiger partial charge is 0.491 e.